The first-order chi connectivity index (χ1) is 13.2. The summed E-state index contributed by atoms with van der Waals surface area (Å²) in [5, 5.41) is 11.4. The highest BCUT2D eigenvalue weighted by atomic mass is 127. The standard InChI is InChI=1S/C21H33N5O.HI/c1-5-6-14-27-15-10-13-23-21(22-4)24-16-20-17(2)25-26(18(20)3)19-11-8-7-9-12-19;/h7-9,11-12H,5-6,10,13-16H2,1-4H3,(H2,22,23,24);1H. The smallest absolute Gasteiger partial charge is 0.191 e. The molecule has 0 aliphatic carbocycles. The van der Waals surface area contributed by atoms with Gasteiger partial charge in [-0.2, -0.15) is 5.10 Å². The van der Waals surface area contributed by atoms with Crippen molar-refractivity contribution in [1.82, 2.24) is 20.4 Å². The number of aromatic nitrogens is 2. The van der Waals surface area contributed by atoms with Gasteiger partial charge in [-0.15, -0.1) is 24.0 Å². The van der Waals surface area contributed by atoms with Crippen LogP contribution in [0.3, 0.4) is 0 Å². The van der Waals surface area contributed by atoms with Gasteiger partial charge in [0.1, 0.15) is 0 Å². The summed E-state index contributed by atoms with van der Waals surface area (Å²) in [4.78, 5) is 4.30. The summed E-state index contributed by atoms with van der Waals surface area (Å²) in [6.45, 7) is 9.50. The van der Waals surface area contributed by atoms with Crippen molar-refractivity contribution in [2.24, 2.45) is 4.99 Å². The molecular weight excluding hydrogens is 465 g/mol. The highest BCUT2D eigenvalue weighted by molar-refractivity contribution is 14.0. The van der Waals surface area contributed by atoms with Crippen LogP contribution >= 0.6 is 24.0 Å². The largest absolute Gasteiger partial charge is 0.381 e. The lowest BCUT2D eigenvalue weighted by Crippen LogP contribution is -2.37. The summed E-state index contributed by atoms with van der Waals surface area (Å²) in [5.41, 5.74) is 4.45. The third-order valence-electron chi connectivity index (χ3n) is 4.50. The second-order valence-electron chi connectivity index (χ2n) is 6.57. The van der Waals surface area contributed by atoms with E-state index >= 15 is 0 Å². The molecular formula is C21H34IN5O. The van der Waals surface area contributed by atoms with Gasteiger partial charge >= 0.3 is 0 Å². The second kappa shape index (κ2) is 13.5. The Hall–Kier alpha value is -1.61. The molecule has 0 atom stereocenters. The lowest BCUT2D eigenvalue weighted by Gasteiger charge is -2.12. The number of halogens is 1. The third-order valence-corrected chi connectivity index (χ3v) is 4.50. The van der Waals surface area contributed by atoms with Crippen LogP contribution in [0.4, 0.5) is 0 Å². The van der Waals surface area contributed by atoms with Gasteiger partial charge in [0.05, 0.1) is 11.4 Å². The molecule has 0 radical (unpaired) electrons. The Labute approximate surface area is 186 Å². The summed E-state index contributed by atoms with van der Waals surface area (Å²) in [6, 6.07) is 10.2. The Morgan fingerprint density at radius 3 is 2.50 bits per heavy atom. The summed E-state index contributed by atoms with van der Waals surface area (Å²) in [7, 11) is 1.79. The van der Waals surface area contributed by atoms with Crippen LogP contribution in [-0.4, -0.2) is 42.5 Å². The van der Waals surface area contributed by atoms with E-state index in [9.17, 15) is 0 Å². The van der Waals surface area contributed by atoms with Crippen molar-refractivity contribution in [3.8, 4) is 5.69 Å². The van der Waals surface area contributed by atoms with Crippen molar-refractivity contribution in [3.05, 3.63) is 47.3 Å². The second-order valence-corrected chi connectivity index (χ2v) is 6.57. The zero-order chi connectivity index (χ0) is 19.5. The van der Waals surface area contributed by atoms with Crippen molar-refractivity contribution >= 4 is 29.9 Å². The summed E-state index contributed by atoms with van der Waals surface area (Å²) in [6.07, 6.45) is 3.27. The first-order valence-corrected chi connectivity index (χ1v) is 9.80. The van der Waals surface area contributed by atoms with Gasteiger partial charge in [0.15, 0.2) is 5.96 Å². The summed E-state index contributed by atoms with van der Waals surface area (Å²) in [5.74, 6) is 0.801. The van der Waals surface area contributed by atoms with E-state index in [-0.39, 0.29) is 24.0 Å². The lowest BCUT2D eigenvalue weighted by atomic mass is 10.2. The number of rotatable bonds is 10. The van der Waals surface area contributed by atoms with Gasteiger partial charge in [-0.3, -0.25) is 4.99 Å². The number of para-hydroxylation sites is 1. The Kier molecular flexibility index (Phi) is 11.8. The molecule has 28 heavy (non-hydrogen) atoms. The number of guanidine groups is 1. The molecule has 1 aromatic carbocycles. The quantitative estimate of drug-likeness (QED) is 0.225. The SMILES string of the molecule is CCCCOCCCNC(=NC)NCc1c(C)nn(-c2ccccc2)c1C.I. The molecule has 7 heteroatoms. The molecule has 156 valence electrons. The lowest BCUT2D eigenvalue weighted by molar-refractivity contribution is 0.129. The zero-order valence-corrected chi connectivity index (χ0v) is 19.8. The van der Waals surface area contributed by atoms with Gasteiger partial charge in [-0.1, -0.05) is 31.5 Å². The molecule has 0 aliphatic rings. The van der Waals surface area contributed by atoms with Crippen LogP contribution in [0.2, 0.25) is 0 Å². The molecule has 2 rings (SSSR count). The van der Waals surface area contributed by atoms with Gasteiger partial charge in [0.2, 0.25) is 0 Å². The fraction of sp³-hybridized carbons (Fsp3) is 0.524. The van der Waals surface area contributed by atoms with E-state index in [0.717, 1.165) is 55.6 Å². The Morgan fingerprint density at radius 1 is 1.11 bits per heavy atom. The number of hydrogen-bond donors (Lipinski definition) is 2. The van der Waals surface area contributed by atoms with E-state index in [2.05, 4.69) is 41.6 Å². The minimum Gasteiger partial charge on any atom is -0.381 e. The van der Waals surface area contributed by atoms with Crippen molar-refractivity contribution in [1.29, 1.82) is 0 Å². The highest BCUT2D eigenvalue weighted by Crippen LogP contribution is 2.17. The van der Waals surface area contributed by atoms with Gasteiger partial charge in [-0.05, 0) is 38.8 Å². The Balaban J connectivity index is 0.00000392. The van der Waals surface area contributed by atoms with Crippen LogP contribution in [0.15, 0.2) is 35.3 Å². The first kappa shape index (κ1) is 24.4. The van der Waals surface area contributed by atoms with Gasteiger partial charge < -0.3 is 15.4 Å². The molecule has 6 nitrogen and oxygen atoms in total. The van der Waals surface area contributed by atoms with E-state index in [1.54, 1.807) is 7.05 Å². The van der Waals surface area contributed by atoms with Crippen molar-refractivity contribution in [2.75, 3.05) is 26.8 Å². The molecule has 0 aliphatic heterocycles. The normalized spacial score (nSPS) is 11.2. The molecule has 0 bridgehead atoms. The Morgan fingerprint density at radius 2 is 1.82 bits per heavy atom. The molecule has 0 spiro atoms. The number of nitrogens with zero attached hydrogens (tertiary/aromatic N) is 3. The predicted molar refractivity (Wildman–Crippen MR) is 127 cm³/mol. The number of benzene rings is 1. The summed E-state index contributed by atoms with van der Waals surface area (Å²) < 4.78 is 7.58. The minimum atomic E-state index is 0. The fourth-order valence-electron chi connectivity index (χ4n) is 2.87. The zero-order valence-electron chi connectivity index (χ0n) is 17.5. The van der Waals surface area contributed by atoms with Crippen molar-refractivity contribution in [3.63, 3.8) is 0 Å². The monoisotopic (exact) mass is 499 g/mol. The van der Waals surface area contributed by atoms with Crippen LogP contribution in [0, 0.1) is 13.8 Å². The molecule has 0 fully saturated rings. The molecule has 2 N–H and O–H groups in total. The van der Waals surface area contributed by atoms with Gasteiger partial charge in [0, 0.05) is 44.6 Å². The average Bonchev–Trinajstić information content (AvgIpc) is 2.98. The van der Waals surface area contributed by atoms with Crippen molar-refractivity contribution in [2.45, 2.75) is 46.6 Å². The maximum atomic E-state index is 5.58. The van der Waals surface area contributed by atoms with Crippen LogP contribution in [-0.2, 0) is 11.3 Å². The molecule has 0 saturated carbocycles. The number of nitrogens with one attached hydrogen (secondary N) is 2. The fourth-order valence-corrected chi connectivity index (χ4v) is 2.87. The van der Waals surface area contributed by atoms with E-state index in [0.29, 0.717) is 6.54 Å². The predicted octanol–water partition coefficient (Wildman–Crippen LogP) is 3.98. The molecule has 0 saturated heterocycles. The Bertz CT molecular complexity index is 715. The molecule has 1 heterocycles. The highest BCUT2D eigenvalue weighted by Gasteiger charge is 2.13. The van der Waals surface area contributed by atoms with Gasteiger partial charge in [-0.25, -0.2) is 4.68 Å². The summed E-state index contributed by atoms with van der Waals surface area (Å²) >= 11 is 0. The first-order valence-electron chi connectivity index (χ1n) is 9.80. The number of aliphatic imine (C=N–C) groups is 1. The van der Waals surface area contributed by atoms with Gasteiger partial charge in [0.25, 0.3) is 0 Å². The minimum absolute atomic E-state index is 0. The maximum absolute atomic E-state index is 5.58. The number of hydrogen-bond acceptors (Lipinski definition) is 3. The maximum Gasteiger partial charge on any atom is 0.191 e. The van der Waals surface area contributed by atoms with Crippen LogP contribution < -0.4 is 10.6 Å². The van der Waals surface area contributed by atoms with E-state index in [1.165, 1.54) is 12.0 Å². The van der Waals surface area contributed by atoms with E-state index < -0.39 is 0 Å². The van der Waals surface area contributed by atoms with Crippen LogP contribution in [0.5, 0.6) is 0 Å². The molecule has 0 unspecified atom stereocenters. The van der Waals surface area contributed by atoms with Crippen LogP contribution in [0.1, 0.15) is 43.1 Å². The molecule has 2 aromatic rings. The number of unbranched alkanes of at least 4 members (excludes halogenated alkanes) is 1. The van der Waals surface area contributed by atoms with E-state index in [4.69, 9.17) is 9.84 Å². The topological polar surface area (TPSA) is 63.5 Å². The van der Waals surface area contributed by atoms with Crippen LogP contribution in [0.25, 0.3) is 5.69 Å². The van der Waals surface area contributed by atoms with E-state index in [1.807, 2.05) is 29.8 Å². The van der Waals surface area contributed by atoms with Crippen molar-refractivity contribution < 1.29 is 4.74 Å². The molecule has 1 aromatic heterocycles. The molecule has 0 amide bonds. The average molecular weight is 499 g/mol. The third kappa shape index (κ3) is 7.43. The number of ether oxygens (including phenoxy) is 1. The number of aryl methyl sites for hydroxylation is 1.